The van der Waals surface area contributed by atoms with E-state index in [4.69, 9.17) is 27.9 Å². The van der Waals surface area contributed by atoms with E-state index in [1.807, 2.05) is 39.8 Å². The largest absolute Gasteiger partial charge is 0.484 e. The lowest BCUT2D eigenvalue weighted by Crippen LogP contribution is -2.54. The van der Waals surface area contributed by atoms with Crippen molar-refractivity contribution in [2.24, 2.45) is 0 Å². The van der Waals surface area contributed by atoms with Crippen molar-refractivity contribution in [3.63, 3.8) is 0 Å². The number of nitrogens with one attached hydrogen (secondary N) is 1. The summed E-state index contributed by atoms with van der Waals surface area (Å²) in [5, 5.41) is 3.83. The zero-order valence-corrected chi connectivity index (χ0v) is 21.1. The number of nitrogens with zero attached hydrogens (tertiary/aromatic N) is 1. The zero-order valence-electron chi connectivity index (χ0n) is 18.0. The van der Waals surface area contributed by atoms with Crippen molar-refractivity contribution >= 4 is 50.9 Å². The summed E-state index contributed by atoms with van der Waals surface area (Å²) in [6.07, 6.45) is 0.425. The number of hydrogen-bond donors (Lipinski definition) is 1. The highest BCUT2D eigenvalue weighted by atomic mass is 79.9. The van der Waals surface area contributed by atoms with Gasteiger partial charge in [0.25, 0.3) is 5.91 Å². The number of benzene rings is 2. The van der Waals surface area contributed by atoms with Gasteiger partial charge in [0.05, 0.1) is 0 Å². The number of ether oxygens (including phenoxy) is 1. The highest BCUT2D eigenvalue weighted by Gasteiger charge is 2.31. The van der Waals surface area contributed by atoms with E-state index in [9.17, 15) is 9.59 Å². The number of halogens is 3. The second-order valence-electron chi connectivity index (χ2n) is 8.13. The van der Waals surface area contributed by atoms with Gasteiger partial charge in [0, 0.05) is 32.2 Å². The van der Waals surface area contributed by atoms with Crippen LogP contribution in [0.1, 0.15) is 39.7 Å². The molecule has 0 bridgehead atoms. The third kappa shape index (κ3) is 7.70. The molecule has 31 heavy (non-hydrogen) atoms. The summed E-state index contributed by atoms with van der Waals surface area (Å²) in [7, 11) is 0. The van der Waals surface area contributed by atoms with E-state index in [-0.39, 0.29) is 25.0 Å². The van der Waals surface area contributed by atoms with Crippen LogP contribution in [-0.2, 0) is 16.1 Å². The second kappa shape index (κ2) is 11.2. The molecule has 2 rings (SSSR count). The SMILES string of the molecule is CC[C@H](C(=O)NC(C)(C)C)N(Cc1c(Cl)cccc1Cl)C(=O)COc1ccc(Br)cc1. The van der Waals surface area contributed by atoms with Gasteiger partial charge in [0.2, 0.25) is 5.91 Å². The maximum atomic E-state index is 13.2. The maximum Gasteiger partial charge on any atom is 0.261 e. The third-order valence-electron chi connectivity index (χ3n) is 4.45. The van der Waals surface area contributed by atoms with Crippen LogP contribution in [0, 0.1) is 0 Å². The normalized spacial score (nSPS) is 12.2. The van der Waals surface area contributed by atoms with Gasteiger partial charge < -0.3 is 15.0 Å². The zero-order chi connectivity index (χ0) is 23.2. The molecule has 0 spiro atoms. The average molecular weight is 530 g/mol. The minimum absolute atomic E-state index is 0.0944. The number of amides is 2. The average Bonchev–Trinajstić information content (AvgIpc) is 2.68. The highest BCUT2D eigenvalue weighted by Crippen LogP contribution is 2.27. The Balaban J connectivity index is 2.29. The molecule has 2 amide bonds. The maximum absolute atomic E-state index is 13.2. The fraction of sp³-hybridized carbons (Fsp3) is 0.391. The number of hydrogen-bond acceptors (Lipinski definition) is 3. The molecule has 2 aromatic rings. The molecule has 0 aliphatic carbocycles. The Bertz CT molecular complexity index is 894. The van der Waals surface area contributed by atoms with Crippen LogP contribution in [0.5, 0.6) is 5.75 Å². The Morgan fingerprint density at radius 1 is 1.10 bits per heavy atom. The molecule has 0 aliphatic heterocycles. The summed E-state index contributed by atoms with van der Waals surface area (Å²) in [5.74, 6) is -0.0237. The van der Waals surface area contributed by atoms with Crippen LogP contribution in [0.25, 0.3) is 0 Å². The standard InChI is InChI=1S/C23H27BrCl2N2O3/c1-5-20(22(30)27-23(2,3)4)28(13-17-18(25)7-6-8-19(17)26)21(29)14-31-16-11-9-15(24)10-12-16/h6-12,20H,5,13-14H2,1-4H3,(H,27,30)/t20-/m1/s1. The number of carbonyl (C=O) groups is 2. The van der Waals surface area contributed by atoms with Gasteiger partial charge in [-0.15, -0.1) is 0 Å². The van der Waals surface area contributed by atoms with E-state index in [0.717, 1.165) is 4.47 Å². The topological polar surface area (TPSA) is 58.6 Å². The van der Waals surface area contributed by atoms with Crippen molar-refractivity contribution in [1.82, 2.24) is 10.2 Å². The molecule has 0 saturated carbocycles. The van der Waals surface area contributed by atoms with Crippen molar-refractivity contribution in [3.05, 3.63) is 62.5 Å². The first-order chi connectivity index (χ1) is 14.5. The monoisotopic (exact) mass is 528 g/mol. The summed E-state index contributed by atoms with van der Waals surface area (Å²) < 4.78 is 6.58. The first kappa shape index (κ1) is 25.5. The lowest BCUT2D eigenvalue weighted by Gasteiger charge is -2.33. The Kier molecular flexibility index (Phi) is 9.22. The predicted octanol–water partition coefficient (Wildman–Crippen LogP) is 5.86. The van der Waals surface area contributed by atoms with Gasteiger partial charge in [-0.3, -0.25) is 9.59 Å². The molecule has 1 N–H and O–H groups in total. The molecule has 0 heterocycles. The van der Waals surface area contributed by atoms with E-state index < -0.39 is 11.6 Å². The van der Waals surface area contributed by atoms with Crippen LogP contribution in [-0.4, -0.2) is 34.9 Å². The second-order valence-corrected chi connectivity index (χ2v) is 9.86. The fourth-order valence-corrected chi connectivity index (χ4v) is 3.77. The Morgan fingerprint density at radius 2 is 1.68 bits per heavy atom. The Labute approximate surface area is 202 Å². The molecule has 0 fully saturated rings. The van der Waals surface area contributed by atoms with E-state index >= 15 is 0 Å². The van der Waals surface area contributed by atoms with Crippen LogP contribution >= 0.6 is 39.1 Å². The van der Waals surface area contributed by atoms with Gasteiger partial charge in [-0.25, -0.2) is 0 Å². The third-order valence-corrected chi connectivity index (χ3v) is 5.69. The Morgan fingerprint density at radius 3 is 2.19 bits per heavy atom. The van der Waals surface area contributed by atoms with Crippen molar-refractivity contribution in [1.29, 1.82) is 0 Å². The van der Waals surface area contributed by atoms with Crippen LogP contribution in [0.15, 0.2) is 46.9 Å². The quantitative estimate of drug-likeness (QED) is 0.466. The lowest BCUT2D eigenvalue weighted by atomic mass is 10.1. The molecule has 0 unspecified atom stereocenters. The molecule has 0 aromatic heterocycles. The lowest BCUT2D eigenvalue weighted by molar-refractivity contribution is -0.143. The molecule has 5 nitrogen and oxygen atoms in total. The Hall–Kier alpha value is -1.76. The summed E-state index contributed by atoms with van der Waals surface area (Å²) in [6.45, 7) is 7.42. The van der Waals surface area contributed by atoms with Crippen LogP contribution in [0.2, 0.25) is 10.0 Å². The van der Waals surface area contributed by atoms with Gasteiger partial charge >= 0.3 is 0 Å². The molecule has 0 aliphatic rings. The van der Waals surface area contributed by atoms with E-state index in [0.29, 0.717) is 27.8 Å². The summed E-state index contributed by atoms with van der Waals surface area (Å²) >= 11 is 16.0. The molecular formula is C23H27BrCl2N2O3. The first-order valence-electron chi connectivity index (χ1n) is 9.94. The fourth-order valence-electron chi connectivity index (χ4n) is 2.98. The van der Waals surface area contributed by atoms with E-state index in [1.165, 1.54) is 4.90 Å². The molecular weight excluding hydrogens is 503 g/mol. The smallest absolute Gasteiger partial charge is 0.261 e. The van der Waals surface area contributed by atoms with Crippen molar-refractivity contribution in [2.45, 2.75) is 52.2 Å². The molecule has 168 valence electrons. The van der Waals surface area contributed by atoms with Crippen LogP contribution in [0.4, 0.5) is 0 Å². The van der Waals surface area contributed by atoms with Gasteiger partial charge in [-0.1, -0.05) is 52.1 Å². The minimum atomic E-state index is -0.701. The first-order valence-corrected chi connectivity index (χ1v) is 11.5. The van der Waals surface area contributed by atoms with E-state index in [1.54, 1.807) is 30.3 Å². The molecule has 8 heteroatoms. The van der Waals surface area contributed by atoms with Crippen molar-refractivity contribution in [2.75, 3.05) is 6.61 Å². The highest BCUT2D eigenvalue weighted by molar-refractivity contribution is 9.10. The van der Waals surface area contributed by atoms with Gasteiger partial charge in [-0.05, 0) is 63.6 Å². The predicted molar refractivity (Wildman–Crippen MR) is 129 cm³/mol. The number of carbonyl (C=O) groups excluding carboxylic acids is 2. The summed E-state index contributed by atoms with van der Waals surface area (Å²) in [4.78, 5) is 27.7. The van der Waals surface area contributed by atoms with Crippen LogP contribution in [0.3, 0.4) is 0 Å². The van der Waals surface area contributed by atoms with Crippen LogP contribution < -0.4 is 10.1 Å². The summed E-state index contributed by atoms with van der Waals surface area (Å²) in [6, 6.07) is 11.6. The van der Waals surface area contributed by atoms with Gasteiger partial charge in [-0.2, -0.15) is 0 Å². The summed E-state index contributed by atoms with van der Waals surface area (Å²) in [5.41, 5.74) is 0.152. The molecule has 0 saturated heterocycles. The molecule has 2 aromatic carbocycles. The molecule has 1 atom stereocenters. The van der Waals surface area contributed by atoms with Gasteiger partial charge in [0.1, 0.15) is 11.8 Å². The minimum Gasteiger partial charge on any atom is -0.484 e. The number of rotatable bonds is 8. The van der Waals surface area contributed by atoms with Gasteiger partial charge in [0.15, 0.2) is 6.61 Å². The van der Waals surface area contributed by atoms with E-state index in [2.05, 4.69) is 21.2 Å². The van der Waals surface area contributed by atoms with Crippen molar-refractivity contribution in [3.8, 4) is 5.75 Å². The van der Waals surface area contributed by atoms with Crippen molar-refractivity contribution < 1.29 is 14.3 Å². The molecule has 0 radical (unpaired) electrons.